The van der Waals surface area contributed by atoms with Gasteiger partial charge in [-0.1, -0.05) is 0 Å². The van der Waals surface area contributed by atoms with Crippen molar-refractivity contribution >= 4 is 5.97 Å². The molecule has 70 valence electrons. The summed E-state index contributed by atoms with van der Waals surface area (Å²) in [6.45, 7) is -0.00996. The molecule has 1 aromatic heterocycles. The smallest absolute Gasteiger partial charge is 0.378 e. The van der Waals surface area contributed by atoms with Crippen LogP contribution >= 0.6 is 0 Å². The van der Waals surface area contributed by atoms with Crippen LogP contribution in [0.5, 0.6) is 0 Å². The van der Waals surface area contributed by atoms with E-state index in [0.717, 1.165) is 0 Å². The van der Waals surface area contributed by atoms with Crippen LogP contribution in [-0.4, -0.2) is 25.7 Å². The number of ether oxygens (including phenoxy) is 3. The van der Waals surface area contributed by atoms with Crippen LogP contribution in [0.15, 0.2) is 22.8 Å². The molecule has 0 atom stereocenters. The minimum Gasteiger partial charge on any atom is -0.457 e. The zero-order chi connectivity index (χ0) is 9.10. The lowest BCUT2D eigenvalue weighted by Crippen LogP contribution is -2.18. The molecule has 1 aromatic rings. The van der Waals surface area contributed by atoms with E-state index in [1.54, 1.807) is 6.07 Å². The Morgan fingerprint density at radius 3 is 2.85 bits per heavy atom. The molecule has 5 heteroatoms. The third-order valence-electron chi connectivity index (χ3n) is 1.52. The summed E-state index contributed by atoms with van der Waals surface area (Å²) in [7, 11) is 0. The van der Waals surface area contributed by atoms with Crippen molar-refractivity contribution in [2.24, 2.45) is 0 Å². The van der Waals surface area contributed by atoms with Crippen LogP contribution in [0, 0.1) is 0 Å². The summed E-state index contributed by atoms with van der Waals surface area (Å²) in [6, 6.07) is 3.12. The maximum Gasteiger partial charge on any atom is 0.378 e. The Labute approximate surface area is 74.2 Å². The monoisotopic (exact) mass is 184 g/mol. The van der Waals surface area contributed by atoms with Gasteiger partial charge in [-0.05, 0) is 12.1 Å². The van der Waals surface area contributed by atoms with E-state index < -0.39 is 12.4 Å². The Balaban J connectivity index is 1.91. The molecule has 1 aliphatic heterocycles. The number of furan rings is 1. The number of esters is 1. The summed E-state index contributed by atoms with van der Waals surface area (Å²) in [5, 5.41) is 0. The van der Waals surface area contributed by atoms with E-state index in [0.29, 0.717) is 13.2 Å². The van der Waals surface area contributed by atoms with Crippen molar-refractivity contribution in [2.75, 3.05) is 13.2 Å². The van der Waals surface area contributed by atoms with Gasteiger partial charge in [-0.15, -0.1) is 0 Å². The van der Waals surface area contributed by atoms with Gasteiger partial charge in [-0.25, -0.2) is 4.79 Å². The van der Waals surface area contributed by atoms with Gasteiger partial charge in [0.05, 0.1) is 19.5 Å². The van der Waals surface area contributed by atoms with Gasteiger partial charge >= 0.3 is 12.4 Å². The Hall–Kier alpha value is -1.33. The average Bonchev–Trinajstić information content (AvgIpc) is 2.74. The second kappa shape index (κ2) is 3.59. The molecule has 2 rings (SSSR count). The maximum absolute atomic E-state index is 11.2. The molecule has 2 heterocycles. The zero-order valence-corrected chi connectivity index (χ0v) is 6.76. The fraction of sp³-hybridized carbons (Fsp3) is 0.375. The number of rotatable bonds is 2. The van der Waals surface area contributed by atoms with Crippen LogP contribution < -0.4 is 0 Å². The molecule has 0 amide bonds. The molecule has 1 fully saturated rings. The predicted octanol–water partition coefficient (Wildman–Crippen LogP) is 0.767. The van der Waals surface area contributed by atoms with Crippen molar-refractivity contribution < 1.29 is 23.4 Å². The molecule has 5 nitrogen and oxygen atoms in total. The average molecular weight is 184 g/mol. The van der Waals surface area contributed by atoms with Crippen molar-refractivity contribution in [3.05, 3.63) is 24.2 Å². The van der Waals surface area contributed by atoms with E-state index >= 15 is 0 Å². The van der Waals surface area contributed by atoms with Gasteiger partial charge < -0.3 is 18.6 Å². The Morgan fingerprint density at radius 2 is 2.23 bits per heavy atom. The quantitative estimate of drug-likeness (QED) is 0.635. The van der Waals surface area contributed by atoms with Gasteiger partial charge in [0.25, 0.3) is 0 Å². The number of hydrogen-bond acceptors (Lipinski definition) is 5. The summed E-state index contributed by atoms with van der Waals surface area (Å²) in [4.78, 5) is 11.2. The van der Waals surface area contributed by atoms with E-state index in [2.05, 4.69) is 0 Å². The first-order valence-electron chi connectivity index (χ1n) is 3.84. The van der Waals surface area contributed by atoms with E-state index in [1.165, 1.54) is 12.3 Å². The number of carbonyl (C=O) groups is 1. The molecule has 1 aliphatic rings. The fourth-order valence-electron chi connectivity index (χ4n) is 0.945. The molecule has 0 radical (unpaired) electrons. The minimum absolute atomic E-state index is 0.138. The summed E-state index contributed by atoms with van der Waals surface area (Å²) >= 11 is 0. The molecule has 0 saturated carbocycles. The fourth-order valence-corrected chi connectivity index (χ4v) is 0.945. The third kappa shape index (κ3) is 1.88. The summed E-state index contributed by atoms with van der Waals surface area (Å²) < 4.78 is 19.4. The molecule has 0 unspecified atom stereocenters. The normalized spacial score (nSPS) is 17.5. The molecule has 1 saturated heterocycles. The van der Waals surface area contributed by atoms with Gasteiger partial charge in [-0.2, -0.15) is 0 Å². The van der Waals surface area contributed by atoms with Crippen molar-refractivity contribution in [1.29, 1.82) is 0 Å². The van der Waals surface area contributed by atoms with Gasteiger partial charge in [0, 0.05) is 0 Å². The molecule has 0 aliphatic carbocycles. The van der Waals surface area contributed by atoms with Crippen molar-refractivity contribution in [3.8, 4) is 0 Å². The van der Waals surface area contributed by atoms with Crippen LogP contribution in [0.1, 0.15) is 10.6 Å². The highest BCUT2D eigenvalue weighted by Crippen LogP contribution is 2.09. The Bertz CT molecular complexity index is 273. The van der Waals surface area contributed by atoms with Gasteiger partial charge in [-0.3, -0.25) is 0 Å². The van der Waals surface area contributed by atoms with Crippen molar-refractivity contribution in [2.45, 2.75) is 6.48 Å². The molecule has 0 spiro atoms. The predicted molar refractivity (Wildman–Crippen MR) is 39.8 cm³/mol. The Kier molecular flexibility index (Phi) is 2.29. The molecule has 0 bridgehead atoms. The lowest BCUT2D eigenvalue weighted by atomic mass is 10.5. The Morgan fingerprint density at radius 1 is 1.46 bits per heavy atom. The lowest BCUT2D eigenvalue weighted by Gasteiger charge is -2.07. The molecular weight excluding hydrogens is 176 g/mol. The largest absolute Gasteiger partial charge is 0.457 e. The highest BCUT2D eigenvalue weighted by Gasteiger charge is 2.22. The maximum atomic E-state index is 11.2. The van der Waals surface area contributed by atoms with E-state index in [4.69, 9.17) is 18.6 Å². The first-order chi connectivity index (χ1) is 6.36. The van der Waals surface area contributed by atoms with Gasteiger partial charge in [0.2, 0.25) is 5.76 Å². The second-order valence-electron chi connectivity index (χ2n) is 2.41. The highest BCUT2D eigenvalue weighted by atomic mass is 16.9. The molecule has 13 heavy (non-hydrogen) atoms. The minimum atomic E-state index is -0.891. The number of carbonyl (C=O) groups excluding carboxylic acids is 1. The zero-order valence-electron chi connectivity index (χ0n) is 6.76. The summed E-state index contributed by atoms with van der Waals surface area (Å²) in [6.07, 6.45) is 1.40. The molecule has 0 aromatic carbocycles. The van der Waals surface area contributed by atoms with E-state index in [9.17, 15) is 4.79 Å². The summed E-state index contributed by atoms with van der Waals surface area (Å²) in [5.74, 6) is -0.448. The van der Waals surface area contributed by atoms with Crippen LogP contribution in [-0.2, 0) is 14.2 Å². The van der Waals surface area contributed by atoms with Gasteiger partial charge in [0.15, 0.2) is 0 Å². The van der Waals surface area contributed by atoms with Crippen LogP contribution in [0.25, 0.3) is 0 Å². The van der Waals surface area contributed by atoms with Gasteiger partial charge in [0.1, 0.15) is 0 Å². The standard InChI is InChI=1S/C8H8O5/c9-7(6-2-1-3-10-6)13-8-11-4-5-12-8/h1-3,8H,4-5H2. The highest BCUT2D eigenvalue weighted by molar-refractivity contribution is 5.86. The molecular formula is C8H8O5. The number of hydrogen-bond donors (Lipinski definition) is 0. The van der Waals surface area contributed by atoms with Crippen LogP contribution in [0.3, 0.4) is 0 Å². The first kappa shape index (κ1) is 8.28. The molecule has 0 N–H and O–H groups in total. The SMILES string of the molecule is O=C(OC1OCCO1)c1ccco1. The van der Waals surface area contributed by atoms with Crippen LogP contribution in [0.2, 0.25) is 0 Å². The van der Waals surface area contributed by atoms with Crippen LogP contribution in [0.4, 0.5) is 0 Å². The second-order valence-corrected chi connectivity index (χ2v) is 2.41. The van der Waals surface area contributed by atoms with Crippen molar-refractivity contribution in [3.63, 3.8) is 0 Å². The van der Waals surface area contributed by atoms with E-state index in [1.807, 2.05) is 0 Å². The lowest BCUT2D eigenvalue weighted by molar-refractivity contribution is -0.197. The first-order valence-corrected chi connectivity index (χ1v) is 3.84. The van der Waals surface area contributed by atoms with Crippen molar-refractivity contribution in [1.82, 2.24) is 0 Å². The summed E-state index contributed by atoms with van der Waals surface area (Å²) in [5.41, 5.74) is 0. The topological polar surface area (TPSA) is 57.9 Å². The van der Waals surface area contributed by atoms with E-state index in [-0.39, 0.29) is 5.76 Å². The third-order valence-corrected chi connectivity index (χ3v) is 1.52.